The summed E-state index contributed by atoms with van der Waals surface area (Å²) in [7, 11) is -6.00. The number of nitrogens with zero attached hydrogens (tertiary/aromatic N) is 1. The van der Waals surface area contributed by atoms with Gasteiger partial charge in [0.25, 0.3) is 0 Å². The van der Waals surface area contributed by atoms with Gasteiger partial charge in [0.2, 0.25) is 0 Å². The van der Waals surface area contributed by atoms with Crippen molar-refractivity contribution in [2.75, 3.05) is 0 Å². The molecule has 0 aromatic carbocycles. The highest BCUT2D eigenvalue weighted by Gasteiger charge is 2.20. The van der Waals surface area contributed by atoms with E-state index in [2.05, 4.69) is 0 Å². The Labute approximate surface area is 42.8 Å². The van der Waals surface area contributed by atoms with Crippen LogP contribution >= 0.6 is 0 Å². The predicted molar refractivity (Wildman–Crippen MR) is 18.9 cm³/mol. The highest BCUT2D eigenvalue weighted by Crippen LogP contribution is 2.06. The van der Waals surface area contributed by atoms with E-state index in [-0.39, 0.29) is 1.43 Å². The standard InChI is InChI=1S/BF4.HNO2/c2-1(3,4)5;2-1-3/h;(H,2,3)/q-1;/p+1. The van der Waals surface area contributed by atoms with E-state index in [1.54, 1.807) is 0 Å². The van der Waals surface area contributed by atoms with Crippen molar-refractivity contribution >= 4 is 7.25 Å². The zero-order valence-electron chi connectivity index (χ0n) is 4.39. The lowest BCUT2D eigenvalue weighted by molar-refractivity contribution is 0.312. The molecule has 0 aliphatic rings. The second-order valence-corrected chi connectivity index (χ2v) is 0.577. The topological polar surface area (TPSA) is 49.7 Å². The summed E-state index contributed by atoms with van der Waals surface area (Å²) in [4.78, 5) is 8.11. The van der Waals surface area contributed by atoms with Crippen LogP contribution in [0.5, 0.6) is 0 Å². The van der Waals surface area contributed by atoms with Crippen LogP contribution in [0, 0.1) is 4.91 Å². The third-order valence-electron chi connectivity index (χ3n) is 0. The van der Waals surface area contributed by atoms with Gasteiger partial charge in [0.15, 0.2) is 5.34 Å². The molecule has 0 saturated carbocycles. The fourth-order valence-corrected chi connectivity index (χ4v) is 0. The van der Waals surface area contributed by atoms with Gasteiger partial charge in [-0.25, -0.2) is 0 Å². The van der Waals surface area contributed by atoms with E-state index in [0.717, 1.165) is 0 Å². The van der Waals surface area contributed by atoms with Crippen molar-refractivity contribution in [1.29, 1.82) is 0 Å². The summed E-state index contributed by atoms with van der Waals surface area (Å²) in [6, 6.07) is 0. The van der Waals surface area contributed by atoms with Crippen LogP contribution in [0.3, 0.4) is 0 Å². The van der Waals surface area contributed by atoms with Gasteiger partial charge in [-0.15, -0.1) is 4.91 Å². The third-order valence-corrected chi connectivity index (χ3v) is 0. The Morgan fingerprint density at radius 1 is 1.38 bits per heavy atom. The van der Waals surface area contributed by atoms with E-state index in [4.69, 9.17) is 10.1 Å². The molecular weight excluding hydrogens is 133 g/mol. The molecule has 0 saturated heterocycles. The molecular formula is H2BF4NO2. The first kappa shape index (κ1) is 10.2. The molecule has 0 aromatic heterocycles. The van der Waals surface area contributed by atoms with Crippen LogP contribution in [0.1, 0.15) is 1.43 Å². The van der Waals surface area contributed by atoms with Crippen molar-refractivity contribution in [1.82, 2.24) is 0 Å². The molecule has 0 bridgehead atoms. The minimum atomic E-state index is -6.00. The minimum absolute atomic E-state index is 0. The quantitative estimate of drug-likeness (QED) is 0.237. The maximum Gasteiger partial charge on any atom is 1.00 e. The number of rotatable bonds is 0. The first-order chi connectivity index (χ1) is 3.41. The van der Waals surface area contributed by atoms with E-state index >= 15 is 0 Å². The number of hydrogen-bond donors (Lipinski definition) is 1. The second kappa shape index (κ2) is 4.35. The van der Waals surface area contributed by atoms with Crippen molar-refractivity contribution in [2.24, 2.45) is 5.34 Å². The molecule has 0 fully saturated rings. The summed E-state index contributed by atoms with van der Waals surface area (Å²) in [5, 5.41) is 7.89. The smallest absolute Gasteiger partial charge is 0.418 e. The molecule has 0 aliphatic carbocycles. The summed E-state index contributed by atoms with van der Waals surface area (Å²) in [5.41, 5.74) is 0. The zero-order chi connectivity index (χ0) is 7.21. The Morgan fingerprint density at radius 2 is 1.38 bits per heavy atom. The van der Waals surface area contributed by atoms with Crippen LogP contribution in [0.2, 0.25) is 0 Å². The molecule has 0 unspecified atom stereocenters. The molecule has 0 heterocycles. The fourth-order valence-electron chi connectivity index (χ4n) is 0. The minimum Gasteiger partial charge on any atom is -0.418 e. The summed E-state index contributed by atoms with van der Waals surface area (Å²) in [6.07, 6.45) is 0. The van der Waals surface area contributed by atoms with Crippen LogP contribution in [0.25, 0.3) is 0 Å². The maximum absolute atomic E-state index is 9.75. The van der Waals surface area contributed by atoms with Gasteiger partial charge in [0.05, 0.1) is 0 Å². The molecule has 8 heavy (non-hydrogen) atoms. The molecule has 50 valence electrons. The average Bonchev–Trinajstić information content (AvgIpc) is 1.27. The molecule has 3 nitrogen and oxygen atoms in total. The molecule has 8 heteroatoms. The van der Waals surface area contributed by atoms with E-state index in [9.17, 15) is 17.3 Å². The van der Waals surface area contributed by atoms with Gasteiger partial charge in [0, 0.05) is 0 Å². The van der Waals surface area contributed by atoms with Crippen LogP contribution in [0.4, 0.5) is 17.3 Å². The largest absolute Gasteiger partial charge is 1.00 e. The molecule has 0 radical (unpaired) electrons. The van der Waals surface area contributed by atoms with Gasteiger partial charge >= 0.3 is 8.68 Å². The number of halogens is 4. The fraction of sp³-hybridized carbons (Fsp3) is 0. The van der Waals surface area contributed by atoms with Gasteiger partial charge in [0.1, 0.15) is 0 Å². The van der Waals surface area contributed by atoms with Crippen LogP contribution < -0.4 is 0 Å². The Balaban J connectivity index is -0.0000000800. The highest BCUT2D eigenvalue weighted by atomic mass is 19.5. The monoisotopic (exact) mass is 135 g/mol. The van der Waals surface area contributed by atoms with Crippen molar-refractivity contribution in [3.8, 4) is 0 Å². The Kier molecular flexibility index (Phi) is 5.55. The number of hydrogen-bond acceptors (Lipinski definition) is 2. The van der Waals surface area contributed by atoms with Crippen molar-refractivity contribution in [2.45, 2.75) is 0 Å². The van der Waals surface area contributed by atoms with Gasteiger partial charge in [-0.05, 0) is 0 Å². The Hall–Kier alpha value is -0.815. The van der Waals surface area contributed by atoms with E-state index in [0.29, 0.717) is 0 Å². The molecule has 0 aromatic rings. The molecule has 1 N–H and O–H groups in total. The molecule has 0 rings (SSSR count). The Morgan fingerprint density at radius 3 is 1.38 bits per heavy atom. The summed E-state index contributed by atoms with van der Waals surface area (Å²) < 4.78 is 39.0. The Bertz CT molecular complexity index is 58.1. The van der Waals surface area contributed by atoms with Gasteiger partial charge in [-0.3, -0.25) is 0 Å². The highest BCUT2D eigenvalue weighted by molar-refractivity contribution is 6.50. The first-order valence-electron chi connectivity index (χ1n) is 1.26. The predicted octanol–water partition coefficient (Wildman–Crippen LogP) is 1.55. The van der Waals surface area contributed by atoms with E-state index < -0.39 is 7.25 Å². The second-order valence-electron chi connectivity index (χ2n) is 0.577. The van der Waals surface area contributed by atoms with Crippen molar-refractivity contribution in [3.05, 3.63) is 4.91 Å². The molecule has 0 aliphatic heterocycles. The van der Waals surface area contributed by atoms with Crippen molar-refractivity contribution in [3.63, 3.8) is 0 Å². The molecule has 0 atom stereocenters. The molecule has 0 amide bonds. The van der Waals surface area contributed by atoms with E-state index in [1.165, 1.54) is 5.34 Å². The van der Waals surface area contributed by atoms with E-state index in [1.807, 2.05) is 0 Å². The van der Waals surface area contributed by atoms with Gasteiger partial charge in [-0.1, -0.05) is 0 Å². The maximum atomic E-state index is 9.75. The van der Waals surface area contributed by atoms with Gasteiger partial charge in [-0.2, -0.15) is 0 Å². The summed E-state index contributed by atoms with van der Waals surface area (Å²) in [6.45, 7) is 0. The average molecular weight is 135 g/mol. The summed E-state index contributed by atoms with van der Waals surface area (Å²) >= 11 is 0. The van der Waals surface area contributed by atoms with Gasteiger partial charge < -0.3 is 22.5 Å². The SMILES string of the molecule is F[B-](F)(F)F.O=NO.[H+]. The zero-order valence-corrected chi connectivity index (χ0v) is 3.39. The van der Waals surface area contributed by atoms with Crippen LogP contribution in [0.15, 0.2) is 5.34 Å². The van der Waals surface area contributed by atoms with Crippen LogP contribution in [-0.2, 0) is 0 Å². The molecule has 0 spiro atoms. The lowest BCUT2D eigenvalue weighted by Gasteiger charge is -1.94. The first-order valence-corrected chi connectivity index (χ1v) is 1.26. The summed E-state index contributed by atoms with van der Waals surface area (Å²) in [5.74, 6) is 0. The normalized spacial score (nSPS) is 9.00. The lowest BCUT2D eigenvalue weighted by Crippen LogP contribution is -2.02. The lowest BCUT2D eigenvalue weighted by atomic mass is 10.3. The van der Waals surface area contributed by atoms with Crippen LogP contribution in [-0.4, -0.2) is 12.5 Å². The third kappa shape index (κ3) is 137. The van der Waals surface area contributed by atoms with Crippen molar-refractivity contribution < 1.29 is 23.9 Å².